The molecule has 0 saturated heterocycles. The largest absolute Gasteiger partial charge is 0.340 e. The Morgan fingerprint density at radius 1 is 0.897 bits per heavy atom. The van der Waals surface area contributed by atoms with E-state index in [2.05, 4.69) is 71.1 Å². The molecule has 5 aromatic rings. The molecule has 0 spiro atoms. The lowest BCUT2D eigenvalue weighted by atomic mass is 9.83. The van der Waals surface area contributed by atoms with Crippen LogP contribution in [0.2, 0.25) is 0 Å². The number of allylic oxidation sites excluding steroid dienone is 3. The van der Waals surface area contributed by atoms with Crippen molar-refractivity contribution in [3.05, 3.63) is 108 Å². The van der Waals surface area contributed by atoms with E-state index in [0.29, 0.717) is 11.3 Å². The van der Waals surface area contributed by atoms with Gasteiger partial charge in [-0.25, -0.2) is 8.42 Å². The molecule has 5 heteroatoms. The van der Waals surface area contributed by atoms with E-state index in [0.717, 1.165) is 52.9 Å². The summed E-state index contributed by atoms with van der Waals surface area (Å²) < 4.78 is 29.0. The van der Waals surface area contributed by atoms with Crippen molar-refractivity contribution in [3.63, 3.8) is 0 Å². The second kappa shape index (κ2) is 8.78. The Morgan fingerprint density at radius 2 is 1.69 bits per heavy atom. The molecule has 0 radical (unpaired) electrons. The molecule has 3 heterocycles. The number of pyridine rings is 1. The summed E-state index contributed by atoms with van der Waals surface area (Å²) in [5.74, 6) is 0. The monoisotopic (exact) mass is 530 g/mol. The van der Waals surface area contributed by atoms with Crippen molar-refractivity contribution in [2.24, 2.45) is 0 Å². The highest BCUT2D eigenvalue weighted by molar-refractivity contribution is 7.93. The van der Waals surface area contributed by atoms with Gasteiger partial charge in [0.1, 0.15) is 4.75 Å². The summed E-state index contributed by atoms with van der Waals surface area (Å²) in [6.07, 6.45) is 8.70. The topological polar surface area (TPSA) is 52.0 Å². The lowest BCUT2D eigenvalue weighted by Crippen LogP contribution is -2.32. The van der Waals surface area contributed by atoms with Crippen LogP contribution in [0.5, 0.6) is 0 Å². The summed E-state index contributed by atoms with van der Waals surface area (Å²) in [5.41, 5.74) is 8.12. The first-order valence-corrected chi connectivity index (χ1v) is 15.1. The lowest BCUT2D eigenvalue weighted by Gasteiger charge is -2.28. The highest BCUT2D eigenvalue weighted by Crippen LogP contribution is 2.53. The number of fused-ring (bicyclic) bond motifs is 6. The fourth-order valence-corrected chi connectivity index (χ4v) is 8.25. The fraction of sp³-hybridized carbons (Fsp3) is 0.206. The van der Waals surface area contributed by atoms with Crippen LogP contribution in [0.3, 0.4) is 0 Å². The molecule has 1 aliphatic heterocycles. The first-order valence-electron chi connectivity index (χ1n) is 13.7. The van der Waals surface area contributed by atoms with E-state index in [9.17, 15) is 8.42 Å². The van der Waals surface area contributed by atoms with E-state index < -0.39 is 14.6 Å². The van der Waals surface area contributed by atoms with Crippen molar-refractivity contribution >= 4 is 42.8 Å². The lowest BCUT2D eigenvalue weighted by molar-refractivity contribution is 0.572. The predicted octanol–water partition coefficient (Wildman–Crippen LogP) is 8.07. The molecule has 0 fully saturated rings. The van der Waals surface area contributed by atoms with E-state index in [1.54, 1.807) is 12.3 Å². The second-order valence-electron chi connectivity index (χ2n) is 10.8. The molecule has 1 aliphatic carbocycles. The normalized spacial score (nSPS) is 19.5. The molecule has 2 aliphatic rings. The summed E-state index contributed by atoms with van der Waals surface area (Å²) in [7, 11) is -3.52. The van der Waals surface area contributed by atoms with Crippen LogP contribution in [-0.2, 0) is 16.4 Å². The number of para-hydroxylation sites is 1. The predicted molar refractivity (Wildman–Crippen MR) is 160 cm³/mol. The molecule has 0 amide bonds. The summed E-state index contributed by atoms with van der Waals surface area (Å²) in [6.45, 7) is 5.09. The van der Waals surface area contributed by atoms with Crippen molar-refractivity contribution < 1.29 is 8.42 Å². The number of hydrogen-bond acceptors (Lipinski definition) is 3. The van der Waals surface area contributed by atoms with Crippen LogP contribution < -0.4 is 0 Å². The number of sulfone groups is 1. The number of hydrogen-bond donors (Lipinski definition) is 0. The van der Waals surface area contributed by atoms with E-state index in [4.69, 9.17) is 0 Å². The maximum absolute atomic E-state index is 13.8. The average Bonchev–Trinajstić information content (AvgIpc) is 3.37. The van der Waals surface area contributed by atoms with E-state index in [-0.39, 0.29) is 0 Å². The minimum absolute atomic E-state index is 0.417. The number of benzene rings is 3. The van der Waals surface area contributed by atoms with Gasteiger partial charge in [-0.2, -0.15) is 0 Å². The number of aromatic nitrogens is 2. The average molecular weight is 531 g/mol. The second-order valence-corrected chi connectivity index (χ2v) is 13.2. The molecule has 1 unspecified atom stereocenters. The van der Waals surface area contributed by atoms with Gasteiger partial charge in [0.05, 0.1) is 10.6 Å². The highest BCUT2D eigenvalue weighted by atomic mass is 32.2. The molecule has 0 bridgehead atoms. The Labute approximate surface area is 229 Å². The van der Waals surface area contributed by atoms with E-state index >= 15 is 0 Å². The van der Waals surface area contributed by atoms with Crippen molar-refractivity contribution in [1.29, 1.82) is 0 Å². The first-order chi connectivity index (χ1) is 18.9. The fourth-order valence-electron chi connectivity index (χ4n) is 6.30. The van der Waals surface area contributed by atoms with Gasteiger partial charge in [-0.1, -0.05) is 55.8 Å². The molecule has 39 heavy (non-hydrogen) atoms. The minimum Gasteiger partial charge on any atom is -0.340 e. The third-order valence-electron chi connectivity index (χ3n) is 8.54. The van der Waals surface area contributed by atoms with Crippen LogP contribution in [0.4, 0.5) is 0 Å². The van der Waals surface area contributed by atoms with Gasteiger partial charge in [-0.3, -0.25) is 4.98 Å². The van der Waals surface area contributed by atoms with E-state index in [1.165, 1.54) is 21.8 Å². The number of unbranched alkanes of at least 4 members (excludes halogenated alkanes) is 1. The van der Waals surface area contributed by atoms with Crippen LogP contribution >= 0.6 is 0 Å². The zero-order valence-electron chi connectivity index (χ0n) is 22.2. The van der Waals surface area contributed by atoms with Gasteiger partial charge >= 0.3 is 0 Å². The molecule has 4 nitrogen and oxygen atoms in total. The number of rotatable bonds is 5. The molecular formula is C34H30N2O2S. The molecule has 3 aromatic carbocycles. The minimum atomic E-state index is -3.52. The van der Waals surface area contributed by atoms with Gasteiger partial charge in [0, 0.05) is 40.1 Å². The standard InChI is InChI=1S/C34H30N2O2S/c1-3-4-19-36-31-11-6-5-9-26(31)27-20-23(12-14-32(27)36)24-16-17-34(2)29(22-24)28-21-25(30-10-7-8-18-35-30)13-15-33(28)39(34,37)38/h5-16,18,20-22H,3-4,17,19H2,1-2H3. The third-order valence-corrected chi connectivity index (χ3v) is 11.0. The number of nitrogens with zero attached hydrogens (tertiary/aromatic N) is 2. The molecule has 194 valence electrons. The van der Waals surface area contributed by atoms with Gasteiger partial charge in [-0.15, -0.1) is 0 Å². The van der Waals surface area contributed by atoms with Crippen LogP contribution in [0.15, 0.2) is 102 Å². The van der Waals surface area contributed by atoms with Crippen LogP contribution in [0.25, 0.3) is 44.2 Å². The van der Waals surface area contributed by atoms with Crippen molar-refractivity contribution in [2.45, 2.75) is 49.3 Å². The summed E-state index contributed by atoms with van der Waals surface area (Å²) in [4.78, 5) is 4.90. The Hall–Kier alpha value is -3.96. The Balaban J connectivity index is 1.37. The van der Waals surface area contributed by atoms with Crippen molar-refractivity contribution in [3.8, 4) is 11.3 Å². The zero-order valence-corrected chi connectivity index (χ0v) is 23.0. The highest BCUT2D eigenvalue weighted by Gasteiger charge is 2.51. The first kappa shape index (κ1) is 24.1. The van der Waals surface area contributed by atoms with Crippen LogP contribution in [-0.4, -0.2) is 22.7 Å². The van der Waals surface area contributed by atoms with Gasteiger partial charge in [0.15, 0.2) is 9.84 Å². The van der Waals surface area contributed by atoms with Crippen molar-refractivity contribution in [2.75, 3.05) is 0 Å². The SMILES string of the molecule is CCCCn1c2ccccc2c2cc(C3=CCC4(C)C(=C3)c3cc(-c5ccccn5)ccc3S4(=O)=O)ccc21. The maximum Gasteiger partial charge on any atom is 0.188 e. The molecule has 7 rings (SSSR count). The van der Waals surface area contributed by atoms with Gasteiger partial charge in [0.25, 0.3) is 0 Å². The molecule has 2 aromatic heterocycles. The van der Waals surface area contributed by atoms with Gasteiger partial charge < -0.3 is 4.57 Å². The summed E-state index contributed by atoms with van der Waals surface area (Å²) in [6, 6.07) is 26.7. The van der Waals surface area contributed by atoms with Gasteiger partial charge in [-0.05, 0) is 90.6 Å². The smallest absolute Gasteiger partial charge is 0.188 e. The quantitative estimate of drug-likeness (QED) is 0.231. The molecule has 0 saturated carbocycles. The maximum atomic E-state index is 13.8. The molecular weight excluding hydrogens is 500 g/mol. The van der Waals surface area contributed by atoms with Crippen LogP contribution in [0.1, 0.15) is 44.2 Å². The number of aryl methyl sites for hydroxylation is 1. The summed E-state index contributed by atoms with van der Waals surface area (Å²) >= 11 is 0. The molecule has 0 N–H and O–H groups in total. The van der Waals surface area contributed by atoms with Crippen LogP contribution in [0, 0.1) is 0 Å². The van der Waals surface area contributed by atoms with Crippen molar-refractivity contribution in [1.82, 2.24) is 9.55 Å². The molecule has 1 atom stereocenters. The van der Waals surface area contributed by atoms with Gasteiger partial charge in [0.2, 0.25) is 0 Å². The Kier molecular flexibility index (Phi) is 5.43. The third kappa shape index (κ3) is 3.49. The Bertz CT molecular complexity index is 1950. The summed E-state index contributed by atoms with van der Waals surface area (Å²) in [5, 5.41) is 2.50. The van der Waals surface area contributed by atoms with E-state index in [1.807, 2.05) is 37.3 Å². The zero-order chi connectivity index (χ0) is 26.8. The Morgan fingerprint density at radius 3 is 2.51 bits per heavy atom.